The van der Waals surface area contributed by atoms with E-state index in [9.17, 15) is 4.79 Å². The number of hydrogen-bond acceptors (Lipinski definition) is 9. The first-order valence-electron chi connectivity index (χ1n) is 16.8. The molecule has 2 fully saturated rings. The minimum Gasteiger partial charge on any atom is -0.368 e. The number of benzene rings is 4. The number of halogens is 4. The van der Waals surface area contributed by atoms with Gasteiger partial charge in [0.1, 0.15) is 5.78 Å². The van der Waals surface area contributed by atoms with Gasteiger partial charge in [-0.25, -0.2) is 0 Å². The van der Waals surface area contributed by atoms with Gasteiger partial charge in [-0.15, -0.1) is 23.5 Å². The molecule has 6 N–H and O–H groups in total. The molecule has 0 radical (unpaired) electrons. The summed E-state index contributed by atoms with van der Waals surface area (Å²) in [6, 6.07) is 30.9. The molecule has 2 aliphatic rings. The molecule has 4 unspecified atom stereocenters. The van der Waals surface area contributed by atoms with Crippen molar-refractivity contribution in [1.29, 1.82) is 0 Å². The molecule has 53 heavy (non-hydrogen) atoms. The van der Waals surface area contributed by atoms with E-state index in [1.807, 2.05) is 91.5 Å². The molecular formula is C40H45Cl4NO5S3. The van der Waals surface area contributed by atoms with Crippen molar-refractivity contribution in [2.75, 3.05) is 17.3 Å². The van der Waals surface area contributed by atoms with Crippen molar-refractivity contribution >= 4 is 93.5 Å². The molecular weight excluding hydrogens is 812 g/mol. The van der Waals surface area contributed by atoms with E-state index in [2.05, 4.69) is 12.1 Å². The van der Waals surface area contributed by atoms with E-state index in [1.54, 1.807) is 36.0 Å². The molecule has 0 saturated carbocycles. The number of thioether (sulfide) groups is 3. The normalized spacial score (nSPS) is 18.6. The summed E-state index contributed by atoms with van der Waals surface area (Å²) in [5.41, 5.74) is 10.5. The van der Waals surface area contributed by atoms with E-state index in [-0.39, 0.29) is 17.4 Å². The number of carbonyl (C=O) groups excluding carboxylic acids is 1. The summed E-state index contributed by atoms with van der Waals surface area (Å²) < 4.78 is 0. The predicted molar refractivity (Wildman–Crippen MR) is 229 cm³/mol. The molecule has 0 bridgehead atoms. The second-order valence-corrected chi connectivity index (χ2v) is 17.5. The van der Waals surface area contributed by atoms with E-state index in [1.165, 1.54) is 28.5 Å². The Balaban J connectivity index is 0.000000193. The lowest BCUT2D eigenvalue weighted by atomic mass is 10.1. The number of aliphatic hydroxyl groups is 4. The van der Waals surface area contributed by atoms with Gasteiger partial charge in [0.05, 0.1) is 5.75 Å². The maximum Gasteiger partial charge on any atom is 0.160 e. The van der Waals surface area contributed by atoms with Gasteiger partial charge in [0, 0.05) is 66.2 Å². The number of aliphatic hydroxyl groups excluding tert-OH is 2. The number of ketones is 1. The lowest BCUT2D eigenvalue weighted by Crippen LogP contribution is -2.17. The van der Waals surface area contributed by atoms with Crippen LogP contribution in [0, 0.1) is 0 Å². The van der Waals surface area contributed by atoms with Crippen LogP contribution in [0.25, 0.3) is 6.08 Å². The molecule has 6 nitrogen and oxygen atoms in total. The Bertz CT molecular complexity index is 1660. The fourth-order valence-corrected chi connectivity index (χ4v) is 9.18. The first kappa shape index (κ1) is 45.7. The summed E-state index contributed by atoms with van der Waals surface area (Å²) in [4.78, 5) is 11.0. The van der Waals surface area contributed by atoms with Gasteiger partial charge in [-0.05, 0) is 84.1 Å². The van der Waals surface area contributed by atoms with Crippen LogP contribution in [0.3, 0.4) is 0 Å². The third-order valence-corrected chi connectivity index (χ3v) is 12.9. The minimum atomic E-state index is -1.43. The van der Waals surface area contributed by atoms with Crippen LogP contribution in [-0.2, 0) is 4.79 Å². The predicted octanol–water partition coefficient (Wildman–Crippen LogP) is 10.4. The van der Waals surface area contributed by atoms with Crippen LogP contribution in [0.1, 0.15) is 64.2 Å². The van der Waals surface area contributed by atoms with Crippen molar-refractivity contribution in [2.45, 2.75) is 60.6 Å². The summed E-state index contributed by atoms with van der Waals surface area (Å²) in [5.74, 6) is 2.20. The fraction of sp³-hybridized carbons (Fsp3) is 0.325. The second-order valence-electron chi connectivity index (χ2n) is 12.1. The molecule has 6 rings (SSSR count). The Morgan fingerprint density at radius 1 is 0.736 bits per heavy atom. The Morgan fingerprint density at radius 3 is 1.64 bits per heavy atom. The average Bonchev–Trinajstić information content (AvgIpc) is 3.77. The van der Waals surface area contributed by atoms with Crippen molar-refractivity contribution in [1.82, 2.24) is 0 Å². The lowest BCUT2D eigenvalue weighted by molar-refractivity contribution is -0.116. The highest BCUT2D eigenvalue weighted by atomic mass is 35.5. The van der Waals surface area contributed by atoms with Crippen LogP contribution < -0.4 is 5.73 Å². The summed E-state index contributed by atoms with van der Waals surface area (Å²) in [5, 5.41) is 39.3. The average molecular weight is 858 g/mol. The van der Waals surface area contributed by atoms with Gasteiger partial charge in [0.2, 0.25) is 0 Å². The standard InChI is InChI=1S/C11H15ClO4S.C10H12ClNS.C10H9ClOS.C9H9Cl/c12-8-3-1-7(2-4-8)9(5-10(13)14)17-6-11(15)16;2*11-8-3-1-7(2-4-8)10-5-9(12)6-13-10;1-2-3-8-4-6-9(10)7-5-8/h1-4,9-11,13-16H,5-6H2;1-4,9-10H,5-6,12H2;1-4,10H,5-6H2;2-7H,1H3/b;;;3-2+. The molecule has 0 spiro atoms. The van der Waals surface area contributed by atoms with Crippen LogP contribution in [0.5, 0.6) is 0 Å². The quantitative estimate of drug-likeness (QED) is 0.105. The molecule has 4 atom stereocenters. The van der Waals surface area contributed by atoms with Crippen molar-refractivity contribution in [2.24, 2.45) is 5.73 Å². The molecule has 286 valence electrons. The maximum absolute atomic E-state index is 11.0. The highest BCUT2D eigenvalue weighted by Crippen LogP contribution is 2.40. The summed E-state index contributed by atoms with van der Waals surface area (Å²) in [6.07, 6.45) is 3.08. The van der Waals surface area contributed by atoms with Crippen LogP contribution >= 0.6 is 81.7 Å². The van der Waals surface area contributed by atoms with Gasteiger partial charge in [-0.3, -0.25) is 4.79 Å². The number of hydrogen-bond donors (Lipinski definition) is 5. The minimum absolute atomic E-state index is 0.111. The zero-order valence-electron chi connectivity index (χ0n) is 29.1. The number of carbonyl (C=O) groups is 1. The van der Waals surface area contributed by atoms with E-state index in [4.69, 9.17) is 72.6 Å². The van der Waals surface area contributed by atoms with Crippen molar-refractivity contribution in [3.63, 3.8) is 0 Å². The van der Waals surface area contributed by atoms with Gasteiger partial charge < -0.3 is 26.2 Å². The second kappa shape index (κ2) is 24.7. The first-order valence-corrected chi connectivity index (χ1v) is 21.5. The molecule has 4 aromatic carbocycles. The highest BCUT2D eigenvalue weighted by molar-refractivity contribution is 8.00. The van der Waals surface area contributed by atoms with Crippen molar-refractivity contribution in [3.05, 3.63) is 145 Å². The lowest BCUT2D eigenvalue weighted by Gasteiger charge is -2.18. The Kier molecular flexibility index (Phi) is 21.3. The molecule has 4 aromatic rings. The van der Waals surface area contributed by atoms with Crippen molar-refractivity contribution in [3.8, 4) is 0 Å². The molecule has 13 heteroatoms. The molecule has 0 amide bonds. The Morgan fingerprint density at radius 2 is 1.23 bits per heavy atom. The molecule has 2 saturated heterocycles. The van der Waals surface area contributed by atoms with E-state index >= 15 is 0 Å². The molecule has 0 aromatic heterocycles. The zero-order valence-corrected chi connectivity index (χ0v) is 34.6. The van der Waals surface area contributed by atoms with Crippen LogP contribution in [0.15, 0.2) is 103 Å². The SMILES string of the molecule is C/C=C/c1ccc(Cl)cc1.NC1CSC(c2ccc(Cl)cc2)C1.O=C1CSC(c2ccc(Cl)cc2)C1.OC(O)CSC(CC(O)O)c1ccc(Cl)cc1. The van der Waals surface area contributed by atoms with Gasteiger partial charge in [0.25, 0.3) is 0 Å². The van der Waals surface area contributed by atoms with Crippen LogP contribution in [0.2, 0.25) is 20.1 Å². The summed E-state index contributed by atoms with van der Waals surface area (Å²) in [7, 11) is 0. The highest BCUT2D eigenvalue weighted by Gasteiger charge is 2.24. The van der Waals surface area contributed by atoms with E-state index < -0.39 is 12.6 Å². The maximum atomic E-state index is 11.0. The van der Waals surface area contributed by atoms with E-state index in [0.717, 1.165) is 32.8 Å². The third-order valence-electron chi connectivity index (χ3n) is 7.71. The molecule has 2 heterocycles. The first-order chi connectivity index (χ1) is 25.3. The van der Waals surface area contributed by atoms with Gasteiger partial charge in [-0.2, -0.15) is 11.8 Å². The fourth-order valence-electron chi connectivity index (χ4n) is 5.11. The summed E-state index contributed by atoms with van der Waals surface area (Å²) >= 11 is 28.0. The molecule has 2 aliphatic heterocycles. The van der Waals surface area contributed by atoms with Crippen LogP contribution in [0.4, 0.5) is 0 Å². The van der Waals surface area contributed by atoms with Gasteiger partial charge in [-0.1, -0.05) is 107 Å². The van der Waals surface area contributed by atoms with E-state index in [0.29, 0.717) is 39.5 Å². The topological polar surface area (TPSA) is 124 Å². The Hall–Kier alpha value is -1.70. The third kappa shape index (κ3) is 18.2. The monoisotopic (exact) mass is 855 g/mol. The van der Waals surface area contributed by atoms with Crippen molar-refractivity contribution < 1.29 is 25.2 Å². The number of rotatable bonds is 9. The number of allylic oxidation sites excluding steroid dienone is 1. The molecule has 0 aliphatic carbocycles. The number of Topliss-reactive ketones (excluding diaryl/α,β-unsaturated/α-hetero) is 1. The summed E-state index contributed by atoms with van der Waals surface area (Å²) in [6.45, 7) is 1.99. The van der Waals surface area contributed by atoms with Gasteiger partial charge >= 0.3 is 0 Å². The number of nitrogens with two attached hydrogens (primary N) is 1. The zero-order chi connectivity index (χ0) is 38.8. The van der Waals surface area contributed by atoms with Crippen LogP contribution in [-0.4, -0.2) is 62.1 Å². The smallest absolute Gasteiger partial charge is 0.160 e. The van der Waals surface area contributed by atoms with Gasteiger partial charge in [0.15, 0.2) is 12.6 Å². The largest absolute Gasteiger partial charge is 0.368 e. The Labute approximate surface area is 345 Å².